The van der Waals surface area contributed by atoms with Gasteiger partial charge in [-0.15, -0.1) is 0 Å². The number of amides is 2. The van der Waals surface area contributed by atoms with Crippen molar-refractivity contribution in [2.75, 3.05) is 23.7 Å². The third kappa shape index (κ3) is 8.86. The van der Waals surface area contributed by atoms with Crippen molar-refractivity contribution in [3.8, 4) is 0 Å². The largest absolute Gasteiger partial charge is 0.354 e. The lowest BCUT2D eigenvalue weighted by Crippen LogP contribution is -2.53. The number of sulfonamides is 1. The first-order chi connectivity index (χ1) is 18.9. The van der Waals surface area contributed by atoms with Gasteiger partial charge in [0.2, 0.25) is 21.8 Å². The van der Waals surface area contributed by atoms with Crippen LogP contribution in [0, 0.1) is 5.92 Å². The van der Waals surface area contributed by atoms with Gasteiger partial charge in [0.1, 0.15) is 12.6 Å². The van der Waals surface area contributed by atoms with E-state index in [0.717, 1.165) is 16.1 Å². The molecule has 0 heterocycles. The van der Waals surface area contributed by atoms with Crippen LogP contribution in [0.2, 0.25) is 15.1 Å². The van der Waals surface area contributed by atoms with Crippen molar-refractivity contribution in [1.82, 2.24) is 10.2 Å². The summed E-state index contributed by atoms with van der Waals surface area (Å²) >= 11 is 19.1. The highest BCUT2D eigenvalue weighted by atomic mass is 35.5. The first kappa shape index (κ1) is 31.7. The summed E-state index contributed by atoms with van der Waals surface area (Å²) in [5, 5.41) is 3.88. The zero-order valence-electron chi connectivity index (χ0n) is 22.5. The Morgan fingerprint density at radius 1 is 0.900 bits per heavy atom. The summed E-state index contributed by atoms with van der Waals surface area (Å²) in [5.74, 6) is -0.809. The Morgan fingerprint density at radius 2 is 1.52 bits per heavy atom. The maximum absolute atomic E-state index is 14.1. The lowest BCUT2D eigenvalue weighted by Gasteiger charge is -2.34. The Kier molecular flexibility index (Phi) is 11.3. The van der Waals surface area contributed by atoms with Crippen LogP contribution in [-0.2, 0) is 32.6 Å². The van der Waals surface area contributed by atoms with Crippen LogP contribution in [0.15, 0.2) is 72.8 Å². The summed E-state index contributed by atoms with van der Waals surface area (Å²) in [5.41, 5.74) is 1.50. The summed E-state index contributed by atoms with van der Waals surface area (Å²) in [6.07, 6.45) is 1.20. The Balaban J connectivity index is 2.09. The van der Waals surface area contributed by atoms with E-state index < -0.39 is 28.5 Å². The van der Waals surface area contributed by atoms with E-state index in [9.17, 15) is 18.0 Å². The molecule has 0 aromatic heterocycles. The molecule has 0 aliphatic heterocycles. The van der Waals surface area contributed by atoms with Crippen LogP contribution in [-0.4, -0.2) is 50.5 Å². The second-order valence-electron chi connectivity index (χ2n) is 9.82. The van der Waals surface area contributed by atoms with Crippen molar-refractivity contribution >= 4 is 62.3 Å². The van der Waals surface area contributed by atoms with E-state index in [4.69, 9.17) is 34.8 Å². The summed E-state index contributed by atoms with van der Waals surface area (Å²) in [7, 11) is -3.90. The molecule has 2 amide bonds. The highest BCUT2D eigenvalue weighted by Crippen LogP contribution is 2.28. The maximum Gasteiger partial charge on any atom is 0.244 e. The molecule has 0 bridgehead atoms. The van der Waals surface area contributed by atoms with Gasteiger partial charge in [-0.25, -0.2) is 8.42 Å². The van der Waals surface area contributed by atoms with Gasteiger partial charge in [0.25, 0.3) is 0 Å². The topological polar surface area (TPSA) is 86.8 Å². The molecule has 0 spiro atoms. The SMILES string of the molecule is CC(C)CNC(=O)C(Cc1ccccc1)N(Cc1c(Cl)cccc1Cl)C(=O)CN(c1cccc(Cl)c1)S(C)(=O)=O. The first-order valence-corrected chi connectivity index (χ1v) is 15.6. The van der Waals surface area contributed by atoms with Crippen LogP contribution in [0.25, 0.3) is 0 Å². The molecular weight excluding hydrogens is 593 g/mol. The Labute approximate surface area is 251 Å². The number of hydrogen-bond acceptors (Lipinski definition) is 4. The van der Waals surface area contributed by atoms with Crippen molar-refractivity contribution in [3.63, 3.8) is 0 Å². The molecule has 11 heteroatoms. The van der Waals surface area contributed by atoms with Gasteiger partial charge in [0.05, 0.1) is 11.9 Å². The monoisotopic (exact) mass is 623 g/mol. The molecule has 0 radical (unpaired) electrons. The fourth-order valence-corrected chi connectivity index (χ4v) is 5.62. The summed E-state index contributed by atoms with van der Waals surface area (Å²) in [6, 6.07) is 19.5. The quantitative estimate of drug-likeness (QED) is 0.275. The number of nitrogens with zero attached hydrogens (tertiary/aromatic N) is 2. The lowest BCUT2D eigenvalue weighted by atomic mass is 10.0. The molecule has 0 aliphatic rings. The van der Waals surface area contributed by atoms with E-state index in [0.29, 0.717) is 27.2 Å². The average molecular weight is 625 g/mol. The van der Waals surface area contributed by atoms with Crippen LogP contribution in [0.5, 0.6) is 0 Å². The smallest absolute Gasteiger partial charge is 0.244 e. The van der Waals surface area contributed by atoms with E-state index in [1.807, 2.05) is 44.2 Å². The zero-order valence-corrected chi connectivity index (χ0v) is 25.6. The van der Waals surface area contributed by atoms with E-state index in [1.54, 1.807) is 36.4 Å². The van der Waals surface area contributed by atoms with Crippen molar-refractivity contribution < 1.29 is 18.0 Å². The maximum atomic E-state index is 14.1. The van der Waals surface area contributed by atoms with Crippen molar-refractivity contribution in [2.24, 2.45) is 5.92 Å². The predicted molar refractivity (Wildman–Crippen MR) is 162 cm³/mol. The number of hydrogen-bond donors (Lipinski definition) is 1. The summed E-state index contributed by atoms with van der Waals surface area (Å²) in [6.45, 7) is 3.65. The van der Waals surface area contributed by atoms with Crippen molar-refractivity contribution in [3.05, 3.63) is 99.0 Å². The van der Waals surface area contributed by atoms with Gasteiger partial charge in [0.15, 0.2) is 0 Å². The minimum Gasteiger partial charge on any atom is -0.354 e. The number of anilines is 1. The standard InChI is InChI=1S/C29H32Cl3N3O4S/c1-20(2)17-33-29(37)27(15-21-9-5-4-6-10-21)34(18-24-25(31)13-8-14-26(24)32)28(36)19-35(40(3,38)39)23-12-7-11-22(30)16-23/h4-14,16,20,27H,15,17-19H2,1-3H3,(H,33,37). The molecule has 3 aromatic rings. The second-order valence-corrected chi connectivity index (χ2v) is 13.0. The second kappa shape index (κ2) is 14.2. The van der Waals surface area contributed by atoms with Gasteiger partial charge in [-0.3, -0.25) is 13.9 Å². The number of carbonyl (C=O) groups excluding carboxylic acids is 2. The molecule has 1 N–H and O–H groups in total. The molecular formula is C29H32Cl3N3O4S. The highest BCUT2D eigenvalue weighted by molar-refractivity contribution is 7.92. The van der Waals surface area contributed by atoms with Gasteiger partial charge in [-0.2, -0.15) is 0 Å². The Hall–Kier alpha value is -2.78. The van der Waals surface area contributed by atoms with Crippen LogP contribution >= 0.6 is 34.8 Å². The molecule has 40 heavy (non-hydrogen) atoms. The number of benzene rings is 3. The first-order valence-electron chi connectivity index (χ1n) is 12.6. The van der Waals surface area contributed by atoms with Gasteiger partial charge < -0.3 is 10.2 Å². The molecule has 0 saturated heterocycles. The van der Waals surface area contributed by atoms with Gasteiger partial charge >= 0.3 is 0 Å². The van der Waals surface area contributed by atoms with E-state index in [2.05, 4.69) is 5.32 Å². The third-order valence-corrected chi connectivity index (χ3v) is 8.21. The molecule has 3 aromatic carbocycles. The fourth-order valence-electron chi connectivity index (χ4n) is 4.08. The third-order valence-electron chi connectivity index (χ3n) is 6.12. The molecule has 3 rings (SSSR count). The minimum atomic E-state index is -3.90. The lowest BCUT2D eigenvalue weighted by molar-refractivity contribution is -0.140. The fraction of sp³-hybridized carbons (Fsp3) is 0.310. The minimum absolute atomic E-state index is 0.114. The molecule has 1 unspecified atom stereocenters. The average Bonchev–Trinajstić information content (AvgIpc) is 2.89. The zero-order chi connectivity index (χ0) is 29.4. The number of nitrogens with one attached hydrogen (secondary N) is 1. The van der Waals surface area contributed by atoms with Crippen LogP contribution in [0.1, 0.15) is 25.0 Å². The number of rotatable bonds is 12. The van der Waals surface area contributed by atoms with Gasteiger partial charge in [0, 0.05) is 40.1 Å². The Morgan fingerprint density at radius 3 is 2.10 bits per heavy atom. The summed E-state index contributed by atoms with van der Waals surface area (Å²) in [4.78, 5) is 29.1. The Bertz CT molecular complexity index is 1420. The summed E-state index contributed by atoms with van der Waals surface area (Å²) < 4.78 is 26.6. The molecule has 1 atom stereocenters. The van der Waals surface area contributed by atoms with Crippen molar-refractivity contribution in [2.45, 2.75) is 32.9 Å². The van der Waals surface area contributed by atoms with E-state index in [-0.39, 0.29) is 30.5 Å². The van der Waals surface area contributed by atoms with Crippen LogP contribution in [0.3, 0.4) is 0 Å². The predicted octanol–water partition coefficient (Wildman–Crippen LogP) is 5.83. The van der Waals surface area contributed by atoms with E-state index in [1.165, 1.54) is 11.0 Å². The number of halogens is 3. The molecule has 7 nitrogen and oxygen atoms in total. The molecule has 0 aliphatic carbocycles. The van der Waals surface area contributed by atoms with Crippen molar-refractivity contribution in [1.29, 1.82) is 0 Å². The molecule has 214 valence electrons. The molecule has 0 saturated carbocycles. The van der Waals surface area contributed by atoms with Crippen LogP contribution in [0.4, 0.5) is 5.69 Å². The van der Waals surface area contributed by atoms with Crippen LogP contribution < -0.4 is 9.62 Å². The number of carbonyl (C=O) groups is 2. The van der Waals surface area contributed by atoms with E-state index >= 15 is 0 Å². The highest BCUT2D eigenvalue weighted by Gasteiger charge is 2.33. The normalized spacial score (nSPS) is 12.2. The van der Waals surface area contributed by atoms with Gasteiger partial charge in [-0.1, -0.05) is 91.1 Å². The molecule has 0 fully saturated rings. The van der Waals surface area contributed by atoms with Gasteiger partial charge in [-0.05, 0) is 41.8 Å².